The fourth-order valence-corrected chi connectivity index (χ4v) is 2.23. The molecule has 2 aromatic rings. The number of nitrogens with zero attached hydrogens (tertiary/aromatic N) is 1. The molecule has 20 heavy (non-hydrogen) atoms. The Kier molecular flexibility index (Phi) is 4.25. The van der Waals surface area contributed by atoms with Crippen LogP contribution < -0.4 is 4.74 Å². The van der Waals surface area contributed by atoms with E-state index in [0.717, 1.165) is 6.07 Å². The number of rotatable bonds is 3. The smallest absolute Gasteiger partial charge is 0.325 e. The van der Waals surface area contributed by atoms with E-state index in [4.69, 9.17) is 16.3 Å². The van der Waals surface area contributed by atoms with E-state index in [1.807, 2.05) is 0 Å². The molecular formula is C13H8BrClFNO3. The maximum Gasteiger partial charge on any atom is 0.325 e. The quantitative estimate of drug-likeness (QED) is 0.555. The molecule has 0 amide bonds. The first-order chi connectivity index (χ1) is 9.40. The minimum absolute atomic E-state index is 0.0240. The van der Waals surface area contributed by atoms with Crippen LogP contribution in [0.15, 0.2) is 34.8 Å². The molecule has 0 spiro atoms. The summed E-state index contributed by atoms with van der Waals surface area (Å²) in [5.41, 5.74) is 0.311. The van der Waals surface area contributed by atoms with Crippen LogP contribution in [0.2, 0.25) is 5.02 Å². The largest absolute Gasteiger partial charge is 0.448 e. The van der Waals surface area contributed by atoms with Gasteiger partial charge in [0.05, 0.1) is 14.4 Å². The van der Waals surface area contributed by atoms with Gasteiger partial charge in [-0.25, -0.2) is 4.39 Å². The summed E-state index contributed by atoms with van der Waals surface area (Å²) < 4.78 is 18.9. The number of hydrogen-bond donors (Lipinski definition) is 0. The first-order valence-electron chi connectivity index (χ1n) is 5.46. The predicted octanol–water partition coefficient (Wildman–Crippen LogP) is 5.25. The molecule has 104 valence electrons. The average Bonchev–Trinajstić information content (AvgIpc) is 2.37. The van der Waals surface area contributed by atoms with Crippen LogP contribution in [0.25, 0.3) is 0 Å². The van der Waals surface area contributed by atoms with Gasteiger partial charge in [0.2, 0.25) is 5.75 Å². The first-order valence-corrected chi connectivity index (χ1v) is 6.63. The van der Waals surface area contributed by atoms with Crippen molar-refractivity contribution in [1.29, 1.82) is 0 Å². The monoisotopic (exact) mass is 359 g/mol. The molecular weight excluding hydrogens is 353 g/mol. The van der Waals surface area contributed by atoms with Crippen LogP contribution in [0.5, 0.6) is 11.5 Å². The second kappa shape index (κ2) is 5.76. The van der Waals surface area contributed by atoms with Crippen molar-refractivity contribution < 1.29 is 14.1 Å². The average molecular weight is 361 g/mol. The van der Waals surface area contributed by atoms with Crippen molar-refractivity contribution in [3.63, 3.8) is 0 Å². The van der Waals surface area contributed by atoms with Crippen molar-refractivity contribution in [3.05, 3.63) is 61.3 Å². The van der Waals surface area contributed by atoms with Crippen LogP contribution in [-0.4, -0.2) is 4.92 Å². The van der Waals surface area contributed by atoms with E-state index in [9.17, 15) is 14.5 Å². The minimum Gasteiger partial charge on any atom is -0.448 e. The third-order valence-electron chi connectivity index (χ3n) is 2.57. The lowest BCUT2D eigenvalue weighted by Crippen LogP contribution is -1.97. The van der Waals surface area contributed by atoms with Crippen LogP contribution in [-0.2, 0) is 0 Å². The van der Waals surface area contributed by atoms with Crippen molar-refractivity contribution in [3.8, 4) is 11.5 Å². The summed E-state index contributed by atoms with van der Waals surface area (Å²) in [6.45, 7) is 1.65. The highest BCUT2D eigenvalue weighted by Gasteiger charge is 2.23. The second-order valence-corrected chi connectivity index (χ2v) is 5.24. The fourth-order valence-electron chi connectivity index (χ4n) is 1.61. The number of halogens is 3. The molecule has 0 heterocycles. The van der Waals surface area contributed by atoms with Gasteiger partial charge in [0.15, 0.2) is 0 Å². The highest BCUT2D eigenvalue weighted by atomic mass is 79.9. The van der Waals surface area contributed by atoms with Gasteiger partial charge in [-0.3, -0.25) is 10.1 Å². The standard InChI is InChI=1S/C13H8BrClFNO3/c1-7-2-4-9(14)12(17(18)19)13(7)20-11-6-8(16)3-5-10(11)15/h2-6H,1H3. The van der Waals surface area contributed by atoms with Crippen LogP contribution in [0.3, 0.4) is 0 Å². The van der Waals surface area contributed by atoms with Gasteiger partial charge in [0, 0.05) is 6.07 Å². The van der Waals surface area contributed by atoms with E-state index >= 15 is 0 Å². The molecule has 4 nitrogen and oxygen atoms in total. The molecule has 0 aliphatic heterocycles. The Morgan fingerprint density at radius 3 is 2.70 bits per heavy atom. The van der Waals surface area contributed by atoms with Crippen molar-refractivity contribution in [2.45, 2.75) is 6.92 Å². The van der Waals surface area contributed by atoms with Gasteiger partial charge in [-0.05, 0) is 46.6 Å². The van der Waals surface area contributed by atoms with Gasteiger partial charge < -0.3 is 4.74 Å². The number of ether oxygens (including phenoxy) is 1. The SMILES string of the molecule is Cc1ccc(Br)c([N+](=O)[O-])c1Oc1cc(F)ccc1Cl. The van der Waals surface area contributed by atoms with E-state index < -0.39 is 10.7 Å². The summed E-state index contributed by atoms with van der Waals surface area (Å²) >= 11 is 9.00. The zero-order chi connectivity index (χ0) is 14.9. The summed E-state index contributed by atoms with van der Waals surface area (Å²) in [6, 6.07) is 6.78. The molecule has 0 unspecified atom stereocenters. The normalized spacial score (nSPS) is 10.4. The maximum absolute atomic E-state index is 13.2. The van der Waals surface area contributed by atoms with Gasteiger partial charge in [-0.15, -0.1) is 0 Å². The summed E-state index contributed by atoms with van der Waals surface area (Å²) in [7, 11) is 0. The molecule has 0 bridgehead atoms. The topological polar surface area (TPSA) is 52.4 Å². The molecule has 0 aliphatic rings. The van der Waals surface area contributed by atoms with Gasteiger partial charge in [0.1, 0.15) is 11.6 Å². The molecule has 7 heteroatoms. The zero-order valence-corrected chi connectivity index (χ0v) is 12.5. The summed E-state index contributed by atoms with van der Waals surface area (Å²) in [6.07, 6.45) is 0. The van der Waals surface area contributed by atoms with E-state index in [1.165, 1.54) is 12.1 Å². The number of nitro benzene ring substituents is 1. The molecule has 0 saturated carbocycles. The summed E-state index contributed by atoms with van der Waals surface area (Å²) in [5, 5.41) is 11.3. The van der Waals surface area contributed by atoms with E-state index in [-0.39, 0.29) is 26.7 Å². The summed E-state index contributed by atoms with van der Waals surface area (Å²) in [5.74, 6) is -0.493. The first kappa shape index (κ1) is 14.7. The Balaban J connectivity index is 2.56. The molecule has 0 fully saturated rings. The molecule has 2 aromatic carbocycles. The minimum atomic E-state index is -0.570. The molecule has 2 rings (SSSR count). The Morgan fingerprint density at radius 2 is 2.05 bits per heavy atom. The molecule has 0 saturated heterocycles. The van der Waals surface area contributed by atoms with Crippen molar-refractivity contribution in [2.24, 2.45) is 0 Å². The van der Waals surface area contributed by atoms with E-state index in [1.54, 1.807) is 19.1 Å². The van der Waals surface area contributed by atoms with Gasteiger partial charge in [-0.2, -0.15) is 0 Å². The number of nitro groups is 1. The zero-order valence-electron chi connectivity index (χ0n) is 10.2. The van der Waals surface area contributed by atoms with E-state index in [2.05, 4.69) is 15.9 Å². The van der Waals surface area contributed by atoms with Gasteiger partial charge in [0.25, 0.3) is 0 Å². The maximum atomic E-state index is 13.2. The van der Waals surface area contributed by atoms with Gasteiger partial charge in [-0.1, -0.05) is 17.7 Å². The Labute approximate surface area is 127 Å². The van der Waals surface area contributed by atoms with Crippen LogP contribution in [0.4, 0.5) is 10.1 Å². The molecule has 0 N–H and O–H groups in total. The molecule has 0 aliphatic carbocycles. The van der Waals surface area contributed by atoms with Crippen LogP contribution >= 0.6 is 27.5 Å². The Morgan fingerprint density at radius 1 is 1.35 bits per heavy atom. The third-order valence-corrected chi connectivity index (χ3v) is 3.52. The molecule has 0 aromatic heterocycles. The van der Waals surface area contributed by atoms with Crippen molar-refractivity contribution in [1.82, 2.24) is 0 Å². The predicted molar refractivity (Wildman–Crippen MR) is 77.0 cm³/mol. The number of hydrogen-bond acceptors (Lipinski definition) is 3. The lowest BCUT2D eigenvalue weighted by atomic mass is 10.2. The highest BCUT2D eigenvalue weighted by molar-refractivity contribution is 9.10. The lowest BCUT2D eigenvalue weighted by Gasteiger charge is -2.11. The fraction of sp³-hybridized carbons (Fsp3) is 0.0769. The summed E-state index contributed by atoms with van der Waals surface area (Å²) in [4.78, 5) is 10.6. The van der Waals surface area contributed by atoms with Crippen LogP contribution in [0, 0.1) is 22.9 Å². The lowest BCUT2D eigenvalue weighted by molar-refractivity contribution is -0.386. The second-order valence-electron chi connectivity index (χ2n) is 3.98. The van der Waals surface area contributed by atoms with Crippen molar-refractivity contribution in [2.75, 3.05) is 0 Å². The van der Waals surface area contributed by atoms with E-state index in [0.29, 0.717) is 5.56 Å². The number of benzene rings is 2. The van der Waals surface area contributed by atoms with Crippen LogP contribution in [0.1, 0.15) is 5.56 Å². The Bertz CT molecular complexity index is 694. The molecule has 0 radical (unpaired) electrons. The highest BCUT2D eigenvalue weighted by Crippen LogP contribution is 2.41. The number of aryl methyl sites for hydroxylation is 1. The Hall–Kier alpha value is -1.66. The molecule has 0 atom stereocenters. The van der Waals surface area contributed by atoms with Crippen molar-refractivity contribution >= 4 is 33.2 Å². The van der Waals surface area contributed by atoms with Gasteiger partial charge >= 0.3 is 5.69 Å². The third kappa shape index (κ3) is 2.91.